The van der Waals surface area contributed by atoms with Crippen LogP contribution in [0.1, 0.15) is 62.0 Å². The molecule has 2 heterocycles. The van der Waals surface area contributed by atoms with E-state index >= 15 is 0 Å². The molecule has 0 aliphatic carbocycles. The highest BCUT2D eigenvalue weighted by molar-refractivity contribution is 5.23. The monoisotopic (exact) mass is 277 g/mol. The number of nitrogens with zero attached hydrogens (tertiary/aromatic N) is 2. The molecule has 0 spiro atoms. The third kappa shape index (κ3) is 4.25. The highest BCUT2D eigenvalue weighted by Crippen LogP contribution is 2.25. The second-order valence-electron chi connectivity index (χ2n) is 5.75. The van der Waals surface area contributed by atoms with Crippen LogP contribution in [-0.4, -0.2) is 29.5 Å². The number of rotatable bonds is 7. The van der Waals surface area contributed by atoms with Gasteiger partial charge in [0.2, 0.25) is 0 Å². The van der Waals surface area contributed by atoms with Crippen molar-refractivity contribution in [2.24, 2.45) is 0 Å². The summed E-state index contributed by atoms with van der Waals surface area (Å²) in [7, 11) is 0. The Morgan fingerprint density at radius 1 is 1.40 bits per heavy atom. The fraction of sp³-hybridized carbons (Fsp3) is 0.750. The first-order valence-corrected chi connectivity index (χ1v) is 7.86. The summed E-state index contributed by atoms with van der Waals surface area (Å²) in [6.07, 6.45) is 6.27. The average Bonchev–Trinajstić information content (AvgIpc) is 2.95. The van der Waals surface area contributed by atoms with Crippen LogP contribution in [0.5, 0.6) is 0 Å². The largest absolute Gasteiger partial charge is 0.378 e. The summed E-state index contributed by atoms with van der Waals surface area (Å²) in [4.78, 5) is 0. The SMILES string of the molecule is CCCNC(CCC1CCCO1)c1cc(C)nnc1C. The fourth-order valence-corrected chi connectivity index (χ4v) is 2.83. The molecule has 0 saturated carbocycles. The lowest BCUT2D eigenvalue weighted by Gasteiger charge is -2.22. The van der Waals surface area contributed by atoms with Gasteiger partial charge in [0.05, 0.1) is 17.5 Å². The maximum Gasteiger partial charge on any atom is 0.0648 e. The second-order valence-corrected chi connectivity index (χ2v) is 5.75. The molecule has 4 nitrogen and oxygen atoms in total. The molecule has 1 fully saturated rings. The lowest BCUT2D eigenvalue weighted by Crippen LogP contribution is -2.25. The van der Waals surface area contributed by atoms with E-state index in [1.54, 1.807) is 0 Å². The van der Waals surface area contributed by atoms with Gasteiger partial charge in [-0.3, -0.25) is 0 Å². The molecule has 1 aliphatic heterocycles. The second kappa shape index (κ2) is 7.70. The Labute approximate surface area is 122 Å². The van der Waals surface area contributed by atoms with Gasteiger partial charge in [0, 0.05) is 12.6 Å². The Balaban J connectivity index is 2.02. The van der Waals surface area contributed by atoms with E-state index in [1.165, 1.54) is 18.4 Å². The summed E-state index contributed by atoms with van der Waals surface area (Å²) in [5.41, 5.74) is 3.33. The van der Waals surface area contributed by atoms with Gasteiger partial charge < -0.3 is 10.1 Å². The van der Waals surface area contributed by atoms with E-state index in [0.29, 0.717) is 12.1 Å². The first-order valence-electron chi connectivity index (χ1n) is 7.86. The summed E-state index contributed by atoms with van der Waals surface area (Å²) < 4.78 is 5.74. The number of hydrogen-bond donors (Lipinski definition) is 1. The molecule has 1 aromatic rings. The minimum atomic E-state index is 0.369. The highest BCUT2D eigenvalue weighted by Gasteiger charge is 2.20. The van der Waals surface area contributed by atoms with E-state index in [-0.39, 0.29) is 0 Å². The van der Waals surface area contributed by atoms with Crippen LogP contribution in [0, 0.1) is 13.8 Å². The Hall–Kier alpha value is -1.00. The molecular weight excluding hydrogens is 250 g/mol. The van der Waals surface area contributed by atoms with Crippen molar-refractivity contribution in [3.63, 3.8) is 0 Å². The van der Waals surface area contributed by atoms with E-state index in [0.717, 1.165) is 43.8 Å². The lowest BCUT2D eigenvalue weighted by molar-refractivity contribution is 0.0995. The molecule has 0 amide bonds. The van der Waals surface area contributed by atoms with Crippen molar-refractivity contribution in [1.82, 2.24) is 15.5 Å². The van der Waals surface area contributed by atoms with Crippen LogP contribution in [-0.2, 0) is 4.74 Å². The van der Waals surface area contributed by atoms with Crippen LogP contribution >= 0.6 is 0 Å². The van der Waals surface area contributed by atoms with Crippen molar-refractivity contribution in [2.45, 2.75) is 65.0 Å². The Kier molecular flexibility index (Phi) is 5.92. The van der Waals surface area contributed by atoms with Gasteiger partial charge >= 0.3 is 0 Å². The van der Waals surface area contributed by atoms with Gasteiger partial charge in [0.1, 0.15) is 0 Å². The Morgan fingerprint density at radius 3 is 2.95 bits per heavy atom. The van der Waals surface area contributed by atoms with Crippen LogP contribution in [0.4, 0.5) is 0 Å². The van der Waals surface area contributed by atoms with Gasteiger partial charge in [-0.1, -0.05) is 6.92 Å². The van der Waals surface area contributed by atoms with Crippen molar-refractivity contribution in [2.75, 3.05) is 13.2 Å². The van der Waals surface area contributed by atoms with Gasteiger partial charge in [0.15, 0.2) is 0 Å². The summed E-state index contributed by atoms with van der Waals surface area (Å²) >= 11 is 0. The van der Waals surface area contributed by atoms with Crippen LogP contribution < -0.4 is 5.32 Å². The number of hydrogen-bond acceptors (Lipinski definition) is 4. The minimum absolute atomic E-state index is 0.369. The minimum Gasteiger partial charge on any atom is -0.378 e. The number of ether oxygens (including phenoxy) is 1. The first-order chi connectivity index (χ1) is 9.70. The van der Waals surface area contributed by atoms with Gasteiger partial charge in [-0.15, -0.1) is 0 Å². The van der Waals surface area contributed by atoms with Gasteiger partial charge in [-0.2, -0.15) is 10.2 Å². The quantitative estimate of drug-likeness (QED) is 0.832. The fourth-order valence-electron chi connectivity index (χ4n) is 2.83. The van der Waals surface area contributed by atoms with Crippen molar-refractivity contribution in [1.29, 1.82) is 0 Å². The molecule has 0 radical (unpaired) electrons. The summed E-state index contributed by atoms with van der Waals surface area (Å²) in [6.45, 7) is 8.23. The Bertz CT molecular complexity index is 416. The van der Waals surface area contributed by atoms with Crippen LogP contribution in [0.3, 0.4) is 0 Å². The molecule has 20 heavy (non-hydrogen) atoms. The van der Waals surface area contributed by atoms with E-state index in [4.69, 9.17) is 4.74 Å². The summed E-state index contributed by atoms with van der Waals surface area (Å²) in [5.74, 6) is 0. The average molecular weight is 277 g/mol. The van der Waals surface area contributed by atoms with Crippen molar-refractivity contribution in [3.8, 4) is 0 Å². The predicted octanol–water partition coefficient (Wildman–Crippen LogP) is 3.09. The molecule has 1 aromatic heterocycles. The molecule has 1 N–H and O–H groups in total. The summed E-state index contributed by atoms with van der Waals surface area (Å²) in [5, 5.41) is 12.1. The van der Waals surface area contributed by atoms with E-state index in [2.05, 4.69) is 35.4 Å². The highest BCUT2D eigenvalue weighted by atomic mass is 16.5. The molecule has 2 unspecified atom stereocenters. The van der Waals surface area contributed by atoms with E-state index in [9.17, 15) is 0 Å². The van der Waals surface area contributed by atoms with Crippen LogP contribution in [0.2, 0.25) is 0 Å². The van der Waals surface area contributed by atoms with Crippen molar-refractivity contribution in [3.05, 3.63) is 23.0 Å². The zero-order chi connectivity index (χ0) is 14.4. The Morgan fingerprint density at radius 2 is 2.25 bits per heavy atom. The molecule has 1 aliphatic rings. The maximum atomic E-state index is 5.74. The smallest absolute Gasteiger partial charge is 0.0648 e. The molecule has 2 rings (SSSR count). The topological polar surface area (TPSA) is 47.0 Å². The lowest BCUT2D eigenvalue weighted by atomic mass is 9.98. The van der Waals surface area contributed by atoms with Crippen LogP contribution in [0.15, 0.2) is 6.07 Å². The predicted molar refractivity (Wildman–Crippen MR) is 80.7 cm³/mol. The van der Waals surface area contributed by atoms with E-state index < -0.39 is 0 Å². The number of aromatic nitrogens is 2. The first kappa shape index (κ1) is 15.4. The molecular formula is C16H27N3O. The third-order valence-electron chi connectivity index (χ3n) is 3.96. The van der Waals surface area contributed by atoms with Gasteiger partial charge in [-0.05, 0) is 64.1 Å². The van der Waals surface area contributed by atoms with Crippen molar-refractivity contribution < 1.29 is 4.74 Å². The van der Waals surface area contributed by atoms with Gasteiger partial charge in [0.25, 0.3) is 0 Å². The molecule has 2 atom stereocenters. The zero-order valence-corrected chi connectivity index (χ0v) is 13.0. The molecule has 0 aromatic carbocycles. The van der Waals surface area contributed by atoms with Crippen LogP contribution in [0.25, 0.3) is 0 Å². The normalized spacial score (nSPS) is 20.2. The maximum absolute atomic E-state index is 5.74. The number of aryl methyl sites for hydroxylation is 2. The standard InChI is InChI=1S/C16H27N3O/c1-4-9-17-16(8-7-14-6-5-10-20-14)15-11-12(2)18-19-13(15)3/h11,14,16-17H,4-10H2,1-3H3. The molecule has 0 bridgehead atoms. The van der Waals surface area contributed by atoms with E-state index in [1.807, 2.05) is 6.92 Å². The molecule has 4 heteroatoms. The summed E-state index contributed by atoms with van der Waals surface area (Å²) in [6, 6.07) is 2.54. The number of nitrogens with one attached hydrogen (secondary N) is 1. The zero-order valence-electron chi connectivity index (χ0n) is 13.0. The van der Waals surface area contributed by atoms with Crippen molar-refractivity contribution >= 4 is 0 Å². The third-order valence-corrected chi connectivity index (χ3v) is 3.96. The molecule has 1 saturated heterocycles. The molecule has 112 valence electrons. The van der Waals surface area contributed by atoms with Gasteiger partial charge in [-0.25, -0.2) is 0 Å².